The molecule has 12 heteroatoms. The number of aryl methyl sites for hydroxylation is 1. The lowest BCUT2D eigenvalue weighted by molar-refractivity contribution is -0.114. The molecule has 3 aromatic rings. The number of hydrogen-bond donors (Lipinski definition) is 3. The van der Waals surface area contributed by atoms with Crippen molar-refractivity contribution >= 4 is 54.6 Å². The molecule has 0 aliphatic carbocycles. The third-order valence-corrected chi connectivity index (χ3v) is 6.32. The van der Waals surface area contributed by atoms with Crippen LogP contribution in [-0.4, -0.2) is 31.4 Å². The minimum atomic E-state index is -3.85. The Morgan fingerprint density at radius 3 is 2.64 bits per heavy atom. The Bertz CT molecular complexity index is 1140. The number of sulfonamides is 1. The van der Waals surface area contributed by atoms with E-state index in [1.807, 2.05) is 12.3 Å². The van der Waals surface area contributed by atoms with Gasteiger partial charge >= 0.3 is 0 Å². The molecule has 0 bridgehead atoms. The maximum Gasteiger partial charge on any atom is 0.238 e. The van der Waals surface area contributed by atoms with Gasteiger partial charge in [-0.1, -0.05) is 11.3 Å². The fourth-order valence-corrected chi connectivity index (χ4v) is 4.65. The average molecular weight is 440 g/mol. The second-order valence-corrected chi connectivity index (χ2v) is 9.10. The maximum atomic E-state index is 11.6. The normalized spacial score (nSPS) is 11.3. The number of nitrogens with one attached hydrogen (secondary N) is 2. The van der Waals surface area contributed by atoms with Gasteiger partial charge in [0.15, 0.2) is 10.3 Å². The molecule has 0 aliphatic heterocycles. The van der Waals surface area contributed by atoms with Gasteiger partial charge in [-0.2, -0.15) is 0 Å². The number of carbonyl (C=O) groups excluding carboxylic acids is 1. The lowest BCUT2D eigenvalue weighted by Crippen LogP contribution is -2.12. The number of anilines is 3. The second-order valence-electron chi connectivity index (χ2n) is 5.68. The molecule has 0 saturated carbocycles. The lowest BCUT2D eigenvalue weighted by Gasteiger charge is -2.10. The van der Waals surface area contributed by atoms with Crippen LogP contribution in [0.5, 0.6) is 5.75 Å². The lowest BCUT2D eigenvalue weighted by atomic mass is 10.3. The summed E-state index contributed by atoms with van der Waals surface area (Å²) in [7, 11) is -2.37. The molecule has 0 unspecified atom stereocenters. The Morgan fingerprint density at radius 1 is 1.25 bits per heavy atom. The molecule has 0 saturated heterocycles. The van der Waals surface area contributed by atoms with Crippen LogP contribution in [0.2, 0.25) is 0 Å². The Hall–Kier alpha value is -2.54. The van der Waals surface area contributed by atoms with Crippen molar-refractivity contribution in [2.45, 2.75) is 18.7 Å². The van der Waals surface area contributed by atoms with E-state index in [1.165, 1.54) is 54.9 Å². The van der Waals surface area contributed by atoms with E-state index in [0.717, 1.165) is 10.6 Å². The van der Waals surface area contributed by atoms with E-state index in [9.17, 15) is 13.2 Å². The zero-order valence-electron chi connectivity index (χ0n) is 15.1. The molecule has 0 spiro atoms. The molecule has 4 N–H and O–H groups in total. The smallest absolute Gasteiger partial charge is 0.238 e. The number of hydrogen-bond acceptors (Lipinski definition) is 9. The number of benzene rings is 1. The van der Waals surface area contributed by atoms with Crippen LogP contribution in [0.1, 0.15) is 12.6 Å². The van der Waals surface area contributed by atoms with Gasteiger partial charge < -0.3 is 15.4 Å². The molecule has 3 rings (SSSR count). The Balaban J connectivity index is 1.90. The zero-order valence-corrected chi connectivity index (χ0v) is 17.6. The van der Waals surface area contributed by atoms with Crippen molar-refractivity contribution in [3.05, 3.63) is 29.3 Å². The minimum absolute atomic E-state index is 0.0363. The summed E-state index contributed by atoms with van der Waals surface area (Å²) >= 11 is 2.66. The monoisotopic (exact) mass is 439 g/mol. The fourth-order valence-electron chi connectivity index (χ4n) is 2.35. The number of primary sulfonamides is 1. The van der Waals surface area contributed by atoms with Gasteiger partial charge in [0.05, 0.1) is 34.0 Å². The molecular formula is C16H17N5O4S3. The van der Waals surface area contributed by atoms with E-state index in [-0.39, 0.29) is 10.8 Å². The van der Waals surface area contributed by atoms with E-state index in [0.29, 0.717) is 27.4 Å². The van der Waals surface area contributed by atoms with Gasteiger partial charge in [-0.25, -0.2) is 23.5 Å². The van der Waals surface area contributed by atoms with Gasteiger partial charge in [-0.15, -0.1) is 11.3 Å². The van der Waals surface area contributed by atoms with Crippen LogP contribution in [-0.2, 0) is 14.8 Å². The van der Waals surface area contributed by atoms with Crippen molar-refractivity contribution in [1.29, 1.82) is 0 Å². The third kappa shape index (κ3) is 4.47. The highest BCUT2D eigenvalue weighted by Gasteiger charge is 2.16. The first-order chi connectivity index (χ1) is 13.2. The SMILES string of the molecule is COc1ccc(S(N)(=O)=O)cc1Nc1nc(-c2sc(NC(C)=O)nc2C)cs1. The van der Waals surface area contributed by atoms with Gasteiger partial charge in [0.2, 0.25) is 15.9 Å². The first-order valence-electron chi connectivity index (χ1n) is 7.86. The number of aromatic nitrogens is 2. The van der Waals surface area contributed by atoms with E-state index in [1.54, 1.807) is 0 Å². The van der Waals surface area contributed by atoms with Crippen molar-refractivity contribution in [2.24, 2.45) is 5.14 Å². The van der Waals surface area contributed by atoms with Crippen LogP contribution in [0, 0.1) is 6.92 Å². The van der Waals surface area contributed by atoms with Gasteiger partial charge in [0.25, 0.3) is 0 Å². The van der Waals surface area contributed by atoms with Crippen LogP contribution in [0.3, 0.4) is 0 Å². The van der Waals surface area contributed by atoms with Crippen LogP contribution < -0.4 is 20.5 Å². The third-order valence-electron chi connectivity index (χ3n) is 3.56. The summed E-state index contributed by atoms with van der Waals surface area (Å²) in [6, 6.07) is 4.28. The predicted octanol–water partition coefficient (Wildman–Crippen LogP) is 2.93. The number of nitrogens with two attached hydrogens (primary N) is 1. The van der Waals surface area contributed by atoms with Crippen molar-refractivity contribution in [3.63, 3.8) is 0 Å². The Kier molecular flexibility index (Phi) is 5.65. The van der Waals surface area contributed by atoms with E-state index in [2.05, 4.69) is 20.6 Å². The molecule has 1 amide bonds. The molecule has 28 heavy (non-hydrogen) atoms. The topological polar surface area (TPSA) is 136 Å². The Morgan fingerprint density at radius 2 is 2.00 bits per heavy atom. The van der Waals surface area contributed by atoms with E-state index < -0.39 is 10.0 Å². The number of methoxy groups -OCH3 is 1. The van der Waals surface area contributed by atoms with Crippen molar-refractivity contribution in [2.75, 3.05) is 17.7 Å². The van der Waals surface area contributed by atoms with Gasteiger partial charge in [0.1, 0.15) is 5.75 Å². The van der Waals surface area contributed by atoms with Gasteiger partial charge in [0, 0.05) is 12.3 Å². The van der Waals surface area contributed by atoms with Crippen LogP contribution >= 0.6 is 22.7 Å². The van der Waals surface area contributed by atoms with Crippen molar-refractivity contribution < 1.29 is 17.9 Å². The zero-order chi connectivity index (χ0) is 20.5. The summed E-state index contributed by atoms with van der Waals surface area (Å²) in [5, 5.41) is 13.8. The van der Waals surface area contributed by atoms with Crippen molar-refractivity contribution in [3.8, 4) is 16.3 Å². The minimum Gasteiger partial charge on any atom is -0.495 e. The van der Waals surface area contributed by atoms with Crippen LogP contribution in [0.25, 0.3) is 10.6 Å². The van der Waals surface area contributed by atoms with Gasteiger partial charge in [-0.05, 0) is 25.1 Å². The number of nitrogens with zero attached hydrogens (tertiary/aromatic N) is 2. The number of thiazole rings is 2. The van der Waals surface area contributed by atoms with E-state index >= 15 is 0 Å². The molecular weight excluding hydrogens is 422 g/mol. The Labute approximate surface area is 169 Å². The second kappa shape index (κ2) is 7.83. The highest BCUT2D eigenvalue weighted by atomic mass is 32.2. The molecule has 148 valence electrons. The summed E-state index contributed by atoms with van der Waals surface area (Å²) < 4.78 is 28.5. The highest BCUT2D eigenvalue weighted by molar-refractivity contribution is 7.89. The molecule has 0 fully saturated rings. The summed E-state index contributed by atoms with van der Waals surface area (Å²) in [5.41, 5.74) is 1.87. The predicted molar refractivity (Wildman–Crippen MR) is 110 cm³/mol. The largest absolute Gasteiger partial charge is 0.495 e. The standard InChI is InChI=1S/C16H17N5O4S3/c1-8-14(27-16(18-8)19-9(2)22)12-7-26-15(21-12)20-11-6-10(28(17,23)24)4-5-13(11)25-3/h4-7H,1-3H3,(H,20,21)(H2,17,23,24)(H,18,19,22). The van der Waals surface area contributed by atoms with Crippen LogP contribution in [0.15, 0.2) is 28.5 Å². The average Bonchev–Trinajstić information content (AvgIpc) is 3.19. The number of carbonyl (C=O) groups is 1. The number of amides is 1. The fraction of sp³-hybridized carbons (Fsp3) is 0.188. The summed E-state index contributed by atoms with van der Waals surface area (Å²) in [5.74, 6) is 0.258. The number of rotatable bonds is 6. The quantitative estimate of drug-likeness (QED) is 0.537. The molecule has 2 aromatic heterocycles. The van der Waals surface area contributed by atoms with Crippen molar-refractivity contribution in [1.82, 2.24) is 9.97 Å². The molecule has 9 nitrogen and oxygen atoms in total. The summed E-state index contributed by atoms with van der Waals surface area (Å²) in [6.07, 6.45) is 0. The summed E-state index contributed by atoms with van der Waals surface area (Å²) in [4.78, 5) is 20.8. The van der Waals surface area contributed by atoms with E-state index in [4.69, 9.17) is 9.88 Å². The molecule has 0 radical (unpaired) electrons. The first kappa shape index (κ1) is 20.2. The molecule has 1 aromatic carbocycles. The highest BCUT2D eigenvalue weighted by Crippen LogP contribution is 2.36. The van der Waals surface area contributed by atoms with Gasteiger partial charge in [-0.3, -0.25) is 4.79 Å². The maximum absolute atomic E-state index is 11.6. The number of ether oxygens (including phenoxy) is 1. The molecule has 2 heterocycles. The first-order valence-corrected chi connectivity index (χ1v) is 11.1. The molecule has 0 atom stereocenters. The van der Waals surface area contributed by atoms with Crippen LogP contribution in [0.4, 0.5) is 16.0 Å². The molecule has 0 aliphatic rings. The summed E-state index contributed by atoms with van der Waals surface area (Å²) in [6.45, 7) is 3.26.